The fourth-order valence-electron chi connectivity index (χ4n) is 3.63. The Hall–Kier alpha value is -2.49. The Kier molecular flexibility index (Phi) is 9.65. The van der Waals surface area contributed by atoms with Crippen LogP contribution in [0.2, 0.25) is 0 Å². The number of carbonyl (C=O) groups excluding carboxylic acids is 2. The van der Waals surface area contributed by atoms with Gasteiger partial charge in [0.15, 0.2) is 5.11 Å². The second kappa shape index (κ2) is 12.7. The summed E-state index contributed by atoms with van der Waals surface area (Å²) in [5.41, 5.74) is 1.49. The third kappa shape index (κ3) is 7.80. The number of carbonyl (C=O) groups is 2. The number of halogens is 1. The Morgan fingerprint density at radius 1 is 1.06 bits per heavy atom. The molecule has 0 heterocycles. The van der Waals surface area contributed by atoms with Crippen LogP contribution in [0.1, 0.15) is 52.8 Å². The lowest BCUT2D eigenvalue weighted by molar-refractivity contribution is 0.0926. The van der Waals surface area contributed by atoms with Gasteiger partial charge in [0.1, 0.15) is 12.4 Å². The van der Waals surface area contributed by atoms with Crippen LogP contribution in [-0.4, -0.2) is 43.3 Å². The van der Waals surface area contributed by atoms with Gasteiger partial charge in [-0.15, -0.1) is 0 Å². The van der Waals surface area contributed by atoms with Gasteiger partial charge in [-0.3, -0.25) is 14.9 Å². The summed E-state index contributed by atoms with van der Waals surface area (Å²) >= 11 is 8.70. The van der Waals surface area contributed by atoms with Crippen molar-refractivity contribution in [2.45, 2.75) is 38.1 Å². The molecule has 3 rings (SSSR count). The van der Waals surface area contributed by atoms with E-state index in [1.807, 2.05) is 0 Å². The third-order valence-electron chi connectivity index (χ3n) is 5.28. The molecule has 0 aromatic heterocycles. The molecule has 2 aromatic rings. The molecule has 0 unspecified atom stereocenters. The molecular weight excluding hydrogens is 506 g/mol. The van der Waals surface area contributed by atoms with E-state index in [0.717, 1.165) is 30.2 Å². The molecule has 1 aliphatic carbocycles. The molecule has 2 amide bonds. The minimum atomic E-state index is -0.410. The SMILES string of the molecule is COCCOc1ccc(Br)cc1C(=O)NC(=S)Nc1cccc(C(=O)NC2CCCCC2)c1. The van der Waals surface area contributed by atoms with Crippen molar-refractivity contribution >= 4 is 50.8 Å². The van der Waals surface area contributed by atoms with Crippen LogP contribution in [0.4, 0.5) is 5.69 Å². The fraction of sp³-hybridized carbons (Fsp3) is 0.375. The number of hydrogen-bond acceptors (Lipinski definition) is 5. The van der Waals surface area contributed by atoms with Gasteiger partial charge in [-0.1, -0.05) is 41.3 Å². The van der Waals surface area contributed by atoms with E-state index in [4.69, 9.17) is 21.7 Å². The highest BCUT2D eigenvalue weighted by Gasteiger charge is 2.18. The Labute approximate surface area is 207 Å². The minimum absolute atomic E-state index is 0.104. The lowest BCUT2D eigenvalue weighted by atomic mass is 9.95. The lowest BCUT2D eigenvalue weighted by Gasteiger charge is -2.22. The quantitative estimate of drug-likeness (QED) is 0.337. The number of anilines is 1. The summed E-state index contributed by atoms with van der Waals surface area (Å²) < 4.78 is 11.4. The van der Waals surface area contributed by atoms with Crippen molar-refractivity contribution in [1.29, 1.82) is 0 Å². The number of nitrogens with one attached hydrogen (secondary N) is 3. The topological polar surface area (TPSA) is 88.7 Å². The van der Waals surface area contributed by atoms with Crippen LogP contribution < -0.4 is 20.7 Å². The van der Waals surface area contributed by atoms with Crippen molar-refractivity contribution in [3.05, 3.63) is 58.1 Å². The summed E-state index contributed by atoms with van der Waals surface area (Å²) in [6.07, 6.45) is 5.57. The van der Waals surface area contributed by atoms with E-state index in [-0.39, 0.29) is 17.1 Å². The summed E-state index contributed by atoms with van der Waals surface area (Å²) in [5, 5.41) is 8.86. The highest BCUT2D eigenvalue weighted by atomic mass is 79.9. The van der Waals surface area contributed by atoms with Crippen molar-refractivity contribution in [3.63, 3.8) is 0 Å². The van der Waals surface area contributed by atoms with Crippen molar-refractivity contribution < 1.29 is 19.1 Å². The van der Waals surface area contributed by atoms with Crippen molar-refractivity contribution in [2.24, 2.45) is 0 Å². The van der Waals surface area contributed by atoms with E-state index < -0.39 is 5.91 Å². The van der Waals surface area contributed by atoms with E-state index in [0.29, 0.717) is 35.8 Å². The molecule has 9 heteroatoms. The Balaban J connectivity index is 1.60. The molecule has 0 bridgehead atoms. The number of ether oxygens (including phenoxy) is 2. The van der Waals surface area contributed by atoms with Gasteiger partial charge in [0, 0.05) is 28.9 Å². The number of thiocarbonyl (C=S) groups is 1. The molecule has 176 valence electrons. The zero-order chi connectivity index (χ0) is 23.6. The molecule has 0 atom stereocenters. The first-order valence-electron chi connectivity index (χ1n) is 10.9. The molecule has 7 nitrogen and oxygen atoms in total. The van der Waals surface area contributed by atoms with Gasteiger partial charge in [0.25, 0.3) is 11.8 Å². The molecule has 33 heavy (non-hydrogen) atoms. The molecular formula is C24H28BrN3O4S. The van der Waals surface area contributed by atoms with Crippen LogP contribution in [0, 0.1) is 0 Å². The monoisotopic (exact) mass is 533 g/mol. The van der Waals surface area contributed by atoms with Gasteiger partial charge in [-0.2, -0.15) is 0 Å². The summed E-state index contributed by atoms with van der Waals surface area (Å²) in [7, 11) is 1.58. The third-order valence-corrected chi connectivity index (χ3v) is 5.98. The van der Waals surface area contributed by atoms with Gasteiger partial charge in [0.05, 0.1) is 12.2 Å². The maximum absolute atomic E-state index is 12.8. The predicted octanol–water partition coefficient (Wildman–Crippen LogP) is 4.66. The number of rotatable bonds is 8. The largest absolute Gasteiger partial charge is 0.490 e. The molecule has 1 aliphatic rings. The maximum Gasteiger partial charge on any atom is 0.261 e. The zero-order valence-corrected chi connectivity index (χ0v) is 20.9. The van der Waals surface area contributed by atoms with E-state index in [1.54, 1.807) is 49.6 Å². The van der Waals surface area contributed by atoms with E-state index in [1.165, 1.54) is 6.42 Å². The molecule has 0 spiro atoms. The van der Waals surface area contributed by atoms with E-state index in [9.17, 15) is 9.59 Å². The first-order valence-corrected chi connectivity index (χ1v) is 12.1. The Bertz CT molecular complexity index is 995. The average Bonchev–Trinajstić information content (AvgIpc) is 2.81. The van der Waals surface area contributed by atoms with Crippen LogP contribution in [0.25, 0.3) is 0 Å². The minimum Gasteiger partial charge on any atom is -0.490 e. The van der Waals surface area contributed by atoms with Crippen LogP contribution >= 0.6 is 28.1 Å². The van der Waals surface area contributed by atoms with Gasteiger partial charge < -0.3 is 20.1 Å². The number of amides is 2. The number of benzene rings is 2. The Morgan fingerprint density at radius 2 is 1.85 bits per heavy atom. The van der Waals surface area contributed by atoms with Gasteiger partial charge in [-0.05, 0) is 61.5 Å². The van der Waals surface area contributed by atoms with Gasteiger partial charge >= 0.3 is 0 Å². The highest BCUT2D eigenvalue weighted by Crippen LogP contribution is 2.23. The summed E-state index contributed by atoms with van der Waals surface area (Å²) in [5.74, 6) is -0.0863. The van der Waals surface area contributed by atoms with Crippen LogP contribution in [0.3, 0.4) is 0 Å². The van der Waals surface area contributed by atoms with Crippen LogP contribution in [0.15, 0.2) is 46.9 Å². The van der Waals surface area contributed by atoms with Crippen LogP contribution in [-0.2, 0) is 4.74 Å². The summed E-state index contributed by atoms with van der Waals surface area (Å²) in [6, 6.07) is 12.4. The number of hydrogen-bond donors (Lipinski definition) is 3. The fourth-order valence-corrected chi connectivity index (χ4v) is 4.20. The second-order valence-corrected chi connectivity index (χ2v) is 9.10. The number of methoxy groups -OCH3 is 1. The van der Waals surface area contributed by atoms with Crippen molar-refractivity contribution in [3.8, 4) is 5.75 Å². The zero-order valence-electron chi connectivity index (χ0n) is 18.5. The summed E-state index contributed by atoms with van der Waals surface area (Å²) in [6.45, 7) is 0.721. The molecule has 0 aliphatic heterocycles. The van der Waals surface area contributed by atoms with E-state index >= 15 is 0 Å². The second-order valence-electron chi connectivity index (χ2n) is 7.78. The van der Waals surface area contributed by atoms with Gasteiger partial charge in [0.2, 0.25) is 0 Å². The molecule has 0 saturated heterocycles. The molecule has 1 saturated carbocycles. The van der Waals surface area contributed by atoms with Crippen molar-refractivity contribution in [1.82, 2.24) is 10.6 Å². The van der Waals surface area contributed by atoms with Crippen LogP contribution in [0.5, 0.6) is 5.75 Å². The Morgan fingerprint density at radius 3 is 2.61 bits per heavy atom. The first-order chi connectivity index (χ1) is 16.0. The molecule has 0 radical (unpaired) electrons. The average molecular weight is 534 g/mol. The predicted molar refractivity (Wildman–Crippen MR) is 136 cm³/mol. The normalized spacial score (nSPS) is 13.8. The molecule has 2 aromatic carbocycles. The molecule has 3 N–H and O–H groups in total. The maximum atomic E-state index is 12.8. The smallest absolute Gasteiger partial charge is 0.261 e. The van der Waals surface area contributed by atoms with E-state index in [2.05, 4.69) is 31.9 Å². The first kappa shape index (κ1) is 25.1. The molecule has 1 fully saturated rings. The highest BCUT2D eigenvalue weighted by molar-refractivity contribution is 9.10. The lowest BCUT2D eigenvalue weighted by Crippen LogP contribution is -2.36. The van der Waals surface area contributed by atoms with Crippen molar-refractivity contribution in [2.75, 3.05) is 25.6 Å². The summed E-state index contributed by atoms with van der Waals surface area (Å²) in [4.78, 5) is 25.4. The standard InChI is InChI=1S/C24H28BrN3O4S/c1-31-12-13-32-21-11-10-17(25)15-20(21)23(30)28-24(33)27-19-9-5-6-16(14-19)22(29)26-18-7-3-2-4-8-18/h5-6,9-11,14-15,18H,2-4,7-8,12-13H2,1H3,(H,26,29)(H2,27,28,30,33). The van der Waals surface area contributed by atoms with Gasteiger partial charge in [-0.25, -0.2) is 0 Å².